The molecule has 0 aliphatic carbocycles. The predicted octanol–water partition coefficient (Wildman–Crippen LogP) is 3.13. The van der Waals surface area contributed by atoms with Gasteiger partial charge in [0.1, 0.15) is 5.00 Å². The molecule has 1 amide bonds. The van der Waals surface area contributed by atoms with Crippen molar-refractivity contribution >= 4 is 28.1 Å². The van der Waals surface area contributed by atoms with Gasteiger partial charge in [0, 0.05) is 45.5 Å². The van der Waals surface area contributed by atoms with Crippen molar-refractivity contribution in [1.82, 2.24) is 14.6 Å². The smallest absolute Gasteiger partial charge is 0.256 e. The quantitative estimate of drug-likeness (QED) is 0.666. The maximum absolute atomic E-state index is 12.4. The lowest BCUT2D eigenvalue weighted by Crippen LogP contribution is -2.46. The number of benzene rings is 1. The molecule has 28 heavy (non-hydrogen) atoms. The van der Waals surface area contributed by atoms with Crippen molar-refractivity contribution in [1.29, 1.82) is 0 Å². The summed E-state index contributed by atoms with van der Waals surface area (Å²) in [5.74, 6) is -0.0256. The zero-order chi connectivity index (χ0) is 19.9. The molecule has 2 N–H and O–H groups in total. The van der Waals surface area contributed by atoms with Gasteiger partial charge in [-0.15, -0.1) is 0 Å². The van der Waals surface area contributed by atoms with Gasteiger partial charge in [0.15, 0.2) is 0 Å². The Morgan fingerprint density at radius 1 is 1.18 bits per heavy atom. The van der Waals surface area contributed by atoms with E-state index in [1.807, 2.05) is 14.0 Å². The number of carbonyl (C=O) groups is 1. The Bertz CT molecular complexity index is 783. The molecular weight excluding hydrogens is 370 g/mol. The molecule has 1 aliphatic rings. The minimum absolute atomic E-state index is 0.0256. The van der Waals surface area contributed by atoms with Crippen LogP contribution >= 0.6 is 11.5 Å². The molecule has 7 heteroatoms. The van der Waals surface area contributed by atoms with Crippen LogP contribution in [0.25, 0.3) is 0 Å². The van der Waals surface area contributed by atoms with Crippen LogP contribution in [0.2, 0.25) is 0 Å². The Hall–Kier alpha value is -2.12. The van der Waals surface area contributed by atoms with Crippen LogP contribution in [0.1, 0.15) is 34.5 Å². The number of unbranched alkanes of at least 4 members (excludes halogenated alkanes) is 1. The number of carbonyl (C=O) groups excluding carboxylic acids is 1. The van der Waals surface area contributed by atoms with E-state index >= 15 is 0 Å². The summed E-state index contributed by atoms with van der Waals surface area (Å²) >= 11 is 1.33. The molecule has 6 nitrogen and oxygen atoms in total. The third-order valence-corrected chi connectivity index (χ3v) is 6.20. The molecule has 1 aliphatic heterocycles. The van der Waals surface area contributed by atoms with Crippen LogP contribution in [0, 0.1) is 13.8 Å². The maximum atomic E-state index is 12.4. The van der Waals surface area contributed by atoms with Crippen LogP contribution in [0.15, 0.2) is 24.3 Å². The minimum atomic E-state index is -0.0256. The Labute approximate surface area is 172 Å². The largest absolute Gasteiger partial charge is 0.378 e. The highest BCUT2D eigenvalue weighted by atomic mass is 32.1. The molecule has 0 saturated carbocycles. The first-order valence-electron chi connectivity index (χ1n) is 10.0. The van der Waals surface area contributed by atoms with Crippen LogP contribution in [-0.2, 0) is 0 Å². The minimum Gasteiger partial charge on any atom is -0.378 e. The van der Waals surface area contributed by atoms with Gasteiger partial charge in [0.25, 0.3) is 5.91 Å². The molecule has 1 fully saturated rings. The van der Waals surface area contributed by atoms with Gasteiger partial charge in [-0.3, -0.25) is 9.69 Å². The lowest BCUT2D eigenvalue weighted by Gasteiger charge is -2.36. The second-order valence-corrected chi connectivity index (χ2v) is 8.13. The average molecular weight is 402 g/mol. The van der Waals surface area contributed by atoms with E-state index in [0.29, 0.717) is 12.1 Å². The van der Waals surface area contributed by atoms with Gasteiger partial charge in [-0.25, -0.2) is 0 Å². The van der Waals surface area contributed by atoms with Gasteiger partial charge in [0.2, 0.25) is 0 Å². The molecule has 2 aromatic rings. The van der Waals surface area contributed by atoms with Crippen LogP contribution in [-0.4, -0.2) is 61.5 Å². The highest BCUT2D eigenvalue weighted by Gasteiger charge is 2.18. The molecule has 152 valence electrons. The van der Waals surface area contributed by atoms with Gasteiger partial charge in [-0.1, -0.05) is 12.1 Å². The van der Waals surface area contributed by atoms with E-state index in [-0.39, 0.29) is 5.91 Å². The van der Waals surface area contributed by atoms with Crippen molar-refractivity contribution in [3.8, 4) is 0 Å². The molecule has 0 atom stereocenters. The van der Waals surface area contributed by atoms with E-state index < -0.39 is 0 Å². The van der Waals surface area contributed by atoms with E-state index in [2.05, 4.69) is 56.0 Å². The predicted molar refractivity (Wildman–Crippen MR) is 118 cm³/mol. The fraction of sp³-hybridized carbons (Fsp3) is 0.524. The van der Waals surface area contributed by atoms with E-state index in [9.17, 15) is 4.79 Å². The summed E-state index contributed by atoms with van der Waals surface area (Å²) in [7, 11) is 1.82. The molecule has 3 rings (SSSR count). The van der Waals surface area contributed by atoms with Crippen molar-refractivity contribution in [2.24, 2.45) is 0 Å². The van der Waals surface area contributed by atoms with Crippen LogP contribution < -0.4 is 15.5 Å². The summed E-state index contributed by atoms with van der Waals surface area (Å²) in [6.07, 6.45) is 2.10. The van der Waals surface area contributed by atoms with Crippen molar-refractivity contribution in [3.63, 3.8) is 0 Å². The lowest BCUT2D eigenvalue weighted by atomic mass is 10.2. The molecule has 0 spiro atoms. The summed E-state index contributed by atoms with van der Waals surface area (Å²) in [4.78, 5) is 17.4. The van der Waals surface area contributed by atoms with Crippen molar-refractivity contribution in [3.05, 3.63) is 41.1 Å². The van der Waals surface area contributed by atoms with Crippen molar-refractivity contribution in [2.75, 3.05) is 56.5 Å². The molecule has 1 aromatic heterocycles. The third kappa shape index (κ3) is 5.23. The lowest BCUT2D eigenvalue weighted by molar-refractivity contribution is 0.0953. The normalized spacial score (nSPS) is 14.9. The Morgan fingerprint density at radius 3 is 2.68 bits per heavy atom. The number of aromatic nitrogens is 1. The van der Waals surface area contributed by atoms with Crippen molar-refractivity contribution < 1.29 is 4.79 Å². The van der Waals surface area contributed by atoms with Gasteiger partial charge in [-0.2, -0.15) is 4.37 Å². The van der Waals surface area contributed by atoms with Gasteiger partial charge in [-0.05, 0) is 62.5 Å². The number of hydrogen-bond donors (Lipinski definition) is 2. The first-order valence-corrected chi connectivity index (χ1v) is 10.8. The molecule has 0 unspecified atom stereocenters. The Kier molecular flexibility index (Phi) is 7.28. The van der Waals surface area contributed by atoms with Crippen LogP contribution in [0.3, 0.4) is 0 Å². The fourth-order valence-corrected chi connectivity index (χ4v) is 4.36. The fourth-order valence-electron chi connectivity index (χ4n) is 3.61. The molecular formula is C21H31N5OS. The zero-order valence-electron chi connectivity index (χ0n) is 17.1. The number of aryl methyl sites for hydroxylation is 2. The summed E-state index contributed by atoms with van der Waals surface area (Å²) < 4.78 is 4.25. The molecule has 1 saturated heterocycles. The highest BCUT2D eigenvalue weighted by molar-refractivity contribution is 7.10. The number of rotatable bonds is 8. The van der Waals surface area contributed by atoms with Gasteiger partial charge in [0.05, 0.1) is 11.3 Å². The zero-order valence-corrected chi connectivity index (χ0v) is 17.9. The van der Waals surface area contributed by atoms with E-state index in [4.69, 9.17) is 0 Å². The molecule has 2 heterocycles. The Morgan fingerprint density at radius 2 is 1.96 bits per heavy atom. The standard InChI is InChI=1S/C21H31N5OS/c1-16-7-6-8-18(15-16)26-13-11-25(12-14-26)10-5-4-9-23-20(27)19-17(2)24-28-21(19)22-3/h6-8,15,22H,4-5,9-14H2,1-3H3,(H,23,27). The monoisotopic (exact) mass is 401 g/mol. The van der Waals surface area contributed by atoms with Crippen LogP contribution in [0.4, 0.5) is 10.7 Å². The van der Waals surface area contributed by atoms with Gasteiger partial charge < -0.3 is 15.5 Å². The topological polar surface area (TPSA) is 60.5 Å². The van der Waals surface area contributed by atoms with Gasteiger partial charge >= 0.3 is 0 Å². The summed E-state index contributed by atoms with van der Waals surface area (Å²) in [5.41, 5.74) is 4.12. The second-order valence-electron chi connectivity index (χ2n) is 7.35. The number of nitrogens with zero attached hydrogens (tertiary/aromatic N) is 3. The summed E-state index contributed by atoms with van der Waals surface area (Å²) in [6, 6.07) is 8.75. The highest BCUT2D eigenvalue weighted by Crippen LogP contribution is 2.23. The first kappa shape index (κ1) is 20.6. The third-order valence-electron chi connectivity index (χ3n) is 5.24. The van der Waals surface area contributed by atoms with Crippen LogP contribution in [0.5, 0.6) is 0 Å². The average Bonchev–Trinajstić information content (AvgIpc) is 3.08. The molecule has 0 bridgehead atoms. The second kappa shape index (κ2) is 9.89. The van der Waals surface area contributed by atoms with E-state index in [1.165, 1.54) is 22.8 Å². The first-order chi connectivity index (χ1) is 13.6. The number of nitrogens with one attached hydrogen (secondary N) is 2. The summed E-state index contributed by atoms with van der Waals surface area (Å²) in [6.45, 7) is 10.2. The van der Waals surface area contributed by atoms with Crippen molar-refractivity contribution in [2.45, 2.75) is 26.7 Å². The number of anilines is 2. The number of piperazine rings is 1. The van der Waals surface area contributed by atoms with E-state index in [0.717, 1.165) is 56.3 Å². The summed E-state index contributed by atoms with van der Waals surface area (Å²) in [5, 5.41) is 6.91. The molecule has 0 radical (unpaired) electrons. The SMILES string of the molecule is CNc1snc(C)c1C(=O)NCCCCN1CCN(c2cccc(C)c2)CC1. The number of hydrogen-bond acceptors (Lipinski definition) is 6. The molecule has 1 aromatic carbocycles. The Balaban J connectivity index is 1.33. The maximum Gasteiger partial charge on any atom is 0.256 e. The van der Waals surface area contributed by atoms with E-state index in [1.54, 1.807) is 0 Å². The number of amides is 1.